The lowest BCUT2D eigenvalue weighted by atomic mass is 9.93. The van der Waals surface area contributed by atoms with Crippen LogP contribution in [-0.4, -0.2) is 61.1 Å². The van der Waals surface area contributed by atoms with Crippen molar-refractivity contribution >= 4 is 40.5 Å². The summed E-state index contributed by atoms with van der Waals surface area (Å²) in [6.45, 7) is 11.5. The Balaban J connectivity index is 1.61. The predicted molar refractivity (Wildman–Crippen MR) is 150 cm³/mol. The third-order valence-electron chi connectivity index (χ3n) is 6.78. The van der Waals surface area contributed by atoms with Crippen LogP contribution in [0.25, 0.3) is 4.85 Å². The first-order valence-corrected chi connectivity index (χ1v) is 12.8. The van der Waals surface area contributed by atoms with E-state index in [2.05, 4.69) is 14.6 Å². The maximum Gasteiger partial charge on any atom is 0.253 e. The summed E-state index contributed by atoms with van der Waals surface area (Å²) >= 11 is 12.9. The van der Waals surface area contributed by atoms with Crippen LogP contribution in [0.1, 0.15) is 34.5 Å². The standard InChI is InChI=1S/C29H30Cl2N4O2/c1-29(37,22-8-12-24(32-2)13-9-22)19-34-15-16-35(27(18-34)20-5-10-23(30)11-6-20)26-14-7-21(17-25(26)31)28(36)33(3)4/h5-14,17,27,37H,15-16,18-19H2,1,3-4H3/t27-,29+/m0/s1. The number of piperazine rings is 1. The first-order chi connectivity index (χ1) is 17.6. The van der Waals surface area contributed by atoms with Gasteiger partial charge in [-0.3, -0.25) is 9.69 Å². The summed E-state index contributed by atoms with van der Waals surface area (Å²) in [7, 11) is 3.43. The van der Waals surface area contributed by atoms with Gasteiger partial charge in [-0.2, -0.15) is 0 Å². The molecule has 8 heteroatoms. The normalized spacial score (nSPS) is 17.6. The molecule has 0 aliphatic carbocycles. The van der Waals surface area contributed by atoms with E-state index in [0.29, 0.717) is 40.9 Å². The van der Waals surface area contributed by atoms with Crippen LogP contribution in [0.3, 0.4) is 0 Å². The SMILES string of the molecule is [C-]#[N+]c1ccc([C@](C)(O)CN2CCN(c3ccc(C(=O)N(C)C)cc3Cl)[C@H](c3ccc(Cl)cc3)C2)cc1. The highest BCUT2D eigenvalue weighted by atomic mass is 35.5. The van der Waals surface area contributed by atoms with Gasteiger partial charge in [-0.1, -0.05) is 59.6 Å². The number of amides is 1. The van der Waals surface area contributed by atoms with Gasteiger partial charge in [0.1, 0.15) is 0 Å². The Bertz CT molecular complexity index is 1300. The molecule has 6 nitrogen and oxygen atoms in total. The molecule has 2 atom stereocenters. The summed E-state index contributed by atoms with van der Waals surface area (Å²) in [6.07, 6.45) is 0. The van der Waals surface area contributed by atoms with E-state index in [4.69, 9.17) is 29.8 Å². The highest BCUT2D eigenvalue weighted by Gasteiger charge is 2.34. The average Bonchev–Trinajstić information content (AvgIpc) is 2.88. The predicted octanol–water partition coefficient (Wildman–Crippen LogP) is 6.02. The number of β-amino-alcohol motifs (C(OH)–C–C–N with tert-alkyl or cyclic N) is 1. The summed E-state index contributed by atoms with van der Waals surface area (Å²) in [5.41, 5.74) is 2.72. The van der Waals surface area contributed by atoms with Crippen molar-refractivity contribution in [2.24, 2.45) is 0 Å². The third kappa shape index (κ3) is 6.08. The number of halogens is 2. The molecule has 1 N–H and O–H groups in total. The minimum Gasteiger partial charge on any atom is -0.384 e. The Morgan fingerprint density at radius 2 is 1.76 bits per heavy atom. The molecule has 1 aliphatic heterocycles. The summed E-state index contributed by atoms with van der Waals surface area (Å²) in [6, 6.07) is 20.3. The number of hydrogen-bond donors (Lipinski definition) is 1. The van der Waals surface area contributed by atoms with Crippen molar-refractivity contribution in [2.75, 3.05) is 45.2 Å². The minimum atomic E-state index is -1.08. The number of nitrogens with zero attached hydrogens (tertiary/aromatic N) is 4. The smallest absolute Gasteiger partial charge is 0.253 e. The molecule has 0 unspecified atom stereocenters. The Morgan fingerprint density at radius 3 is 2.35 bits per heavy atom. The van der Waals surface area contributed by atoms with Gasteiger partial charge in [0, 0.05) is 50.9 Å². The molecule has 3 aromatic carbocycles. The molecule has 0 radical (unpaired) electrons. The van der Waals surface area contributed by atoms with E-state index < -0.39 is 5.60 Å². The molecule has 0 aromatic heterocycles. The molecule has 0 bridgehead atoms. The van der Waals surface area contributed by atoms with Crippen molar-refractivity contribution in [1.82, 2.24) is 9.80 Å². The van der Waals surface area contributed by atoms with E-state index >= 15 is 0 Å². The van der Waals surface area contributed by atoms with E-state index in [1.807, 2.05) is 48.5 Å². The Hall–Kier alpha value is -3.08. The Kier molecular flexibility index (Phi) is 8.11. The number of rotatable bonds is 6. The topological polar surface area (TPSA) is 51.4 Å². The highest BCUT2D eigenvalue weighted by molar-refractivity contribution is 6.33. The zero-order valence-corrected chi connectivity index (χ0v) is 22.7. The first kappa shape index (κ1) is 27.0. The van der Waals surface area contributed by atoms with Crippen molar-refractivity contribution in [3.05, 3.63) is 105 Å². The molecule has 3 aromatic rings. The lowest BCUT2D eigenvalue weighted by molar-refractivity contribution is 0.0103. The number of aliphatic hydroxyl groups is 1. The van der Waals surface area contributed by atoms with Crippen molar-refractivity contribution in [3.63, 3.8) is 0 Å². The number of hydrogen-bond acceptors (Lipinski definition) is 4. The van der Waals surface area contributed by atoms with Crippen LogP contribution in [0, 0.1) is 6.57 Å². The zero-order chi connectivity index (χ0) is 26.7. The summed E-state index contributed by atoms with van der Waals surface area (Å²) in [5.74, 6) is -0.0980. The van der Waals surface area contributed by atoms with Crippen molar-refractivity contribution in [3.8, 4) is 0 Å². The fraction of sp³-hybridized carbons (Fsp3) is 0.310. The van der Waals surface area contributed by atoms with E-state index in [1.54, 1.807) is 39.2 Å². The van der Waals surface area contributed by atoms with Gasteiger partial charge in [0.25, 0.3) is 5.91 Å². The molecule has 0 spiro atoms. The zero-order valence-electron chi connectivity index (χ0n) is 21.2. The molecular weight excluding hydrogens is 507 g/mol. The van der Waals surface area contributed by atoms with Crippen molar-refractivity contribution < 1.29 is 9.90 Å². The number of carbonyl (C=O) groups excluding carboxylic acids is 1. The van der Waals surface area contributed by atoms with Gasteiger partial charge >= 0.3 is 0 Å². The number of benzene rings is 3. The van der Waals surface area contributed by atoms with Crippen molar-refractivity contribution in [2.45, 2.75) is 18.6 Å². The quantitative estimate of drug-likeness (QED) is 0.391. The lowest BCUT2D eigenvalue weighted by Gasteiger charge is -2.45. The van der Waals surface area contributed by atoms with Gasteiger partial charge in [-0.05, 0) is 48.4 Å². The first-order valence-electron chi connectivity index (χ1n) is 12.0. The second kappa shape index (κ2) is 11.1. The molecule has 192 valence electrons. The monoisotopic (exact) mass is 536 g/mol. The van der Waals surface area contributed by atoms with E-state index in [-0.39, 0.29) is 11.9 Å². The third-order valence-corrected chi connectivity index (χ3v) is 7.33. The Labute approximate surface area is 228 Å². The van der Waals surface area contributed by atoms with E-state index in [0.717, 1.165) is 23.4 Å². The van der Waals surface area contributed by atoms with Gasteiger partial charge < -0.3 is 14.9 Å². The molecule has 37 heavy (non-hydrogen) atoms. The summed E-state index contributed by atoms with van der Waals surface area (Å²) in [4.78, 5) is 21.9. The maximum atomic E-state index is 12.4. The number of carbonyl (C=O) groups is 1. The molecule has 1 heterocycles. The average molecular weight is 537 g/mol. The fourth-order valence-electron chi connectivity index (χ4n) is 4.79. The highest BCUT2D eigenvalue weighted by Crippen LogP contribution is 2.37. The van der Waals surface area contributed by atoms with Gasteiger partial charge in [0.15, 0.2) is 5.69 Å². The van der Waals surface area contributed by atoms with E-state index in [1.165, 1.54) is 4.90 Å². The van der Waals surface area contributed by atoms with Gasteiger partial charge in [0.2, 0.25) is 0 Å². The summed E-state index contributed by atoms with van der Waals surface area (Å²) < 4.78 is 0. The van der Waals surface area contributed by atoms with Crippen LogP contribution in [0.15, 0.2) is 66.7 Å². The molecule has 0 saturated carbocycles. The van der Waals surface area contributed by atoms with Crippen LogP contribution >= 0.6 is 23.2 Å². The van der Waals surface area contributed by atoms with Crippen LogP contribution in [0.5, 0.6) is 0 Å². The van der Waals surface area contributed by atoms with Crippen molar-refractivity contribution in [1.29, 1.82) is 0 Å². The second-order valence-corrected chi connectivity index (χ2v) is 10.6. The fourth-order valence-corrected chi connectivity index (χ4v) is 5.21. The largest absolute Gasteiger partial charge is 0.384 e. The van der Waals surface area contributed by atoms with Crippen LogP contribution in [-0.2, 0) is 5.60 Å². The van der Waals surface area contributed by atoms with Crippen LogP contribution < -0.4 is 4.90 Å². The lowest BCUT2D eigenvalue weighted by Crippen LogP contribution is -2.52. The molecule has 1 saturated heterocycles. The molecule has 1 fully saturated rings. The van der Waals surface area contributed by atoms with Crippen LogP contribution in [0.4, 0.5) is 11.4 Å². The van der Waals surface area contributed by atoms with Gasteiger partial charge in [-0.25, -0.2) is 4.85 Å². The molecule has 4 rings (SSSR count). The summed E-state index contributed by atoms with van der Waals surface area (Å²) in [5, 5.41) is 12.5. The second-order valence-electron chi connectivity index (χ2n) is 9.79. The Morgan fingerprint density at radius 1 is 1.08 bits per heavy atom. The molecule has 1 aliphatic rings. The van der Waals surface area contributed by atoms with E-state index in [9.17, 15) is 9.90 Å². The minimum absolute atomic E-state index is 0.0424. The van der Waals surface area contributed by atoms with Crippen LogP contribution in [0.2, 0.25) is 10.0 Å². The van der Waals surface area contributed by atoms with Gasteiger partial charge in [-0.15, -0.1) is 0 Å². The van der Waals surface area contributed by atoms with Gasteiger partial charge in [0.05, 0.1) is 28.9 Å². The number of anilines is 1. The molecular formula is C29H30Cl2N4O2. The maximum absolute atomic E-state index is 12.4. The molecule has 1 amide bonds.